The number of ether oxygens (including phenoxy) is 1. The fraction of sp³-hybridized carbons (Fsp3) is 0.429. The number of carbonyl (C=O) groups is 1. The summed E-state index contributed by atoms with van der Waals surface area (Å²) < 4.78 is 37.0. The van der Waals surface area contributed by atoms with E-state index in [1.807, 2.05) is 29.5 Å². The summed E-state index contributed by atoms with van der Waals surface area (Å²) >= 11 is 0. The van der Waals surface area contributed by atoms with Crippen molar-refractivity contribution >= 4 is 18.2 Å². The third kappa shape index (κ3) is 4.88. The molecule has 0 bridgehead atoms. The molecule has 0 N–H and O–H groups in total. The van der Waals surface area contributed by atoms with Gasteiger partial charge >= 0.3 is 6.03 Å². The van der Waals surface area contributed by atoms with E-state index < -0.39 is 17.7 Å². The number of rotatable bonds is 5. The minimum absolute atomic E-state index is 0.0696. The molecule has 3 aromatic rings. The number of amides is 2. The molecule has 1 aromatic carbocycles. The number of carbonyl (C=O) groups excluding carboxylic acids is 1. The molecule has 0 aliphatic carbocycles. The van der Waals surface area contributed by atoms with Gasteiger partial charge in [0.1, 0.15) is 17.6 Å². The Morgan fingerprint density at radius 2 is 1.95 bits per heavy atom. The molecule has 0 radical (unpaired) electrons. The van der Waals surface area contributed by atoms with E-state index in [2.05, 4.69) is 20.2 Å². The molecule has 212 valence electrons. The Labute approximate surface area is 235 Å². The van der Waals surface area contributed by atoms with E-state index in [-0.39, 0.29) is 22.9 Å². The standard InChI is InChI=1S/C28H29F2N9O2/c1-17-24(18(2)38(35-17)14-19-15-41-16-19)26-22(29)13-32-27(34-26)36-8-10-37(11-9-36)28(40)39-23(6-7-33-39)21-5-3-4-20(12-31)25(21)30/h3-5,7,13,19,23H,6,8-11,14-16H2,1-2H3. The quantitative estimate of drug-likeness (QED) is 0.469. The average Bonchev–Trinajstić information content (AvgIpc) is 3.55. The fourth-order valence-electron chi connectivity index (χ4n) is 5.53. The lowest BCUT2D eigenvalue weighted by Gasteiger charge is -2.37. The highest BCUT2D eigenvalue weighted by Crippen LogP contribution is 2.33. The molecule has 1 unspecified atom stereocenters. The summed E-state index contributed by atoms with van der Waals surface area (Å²) in [6, 6.07) is 5.46. The molecule has 41 heavy (non-hydrogen) atoms. The first-order valence-corrected chi connectivity index (χ1v) is 13.5. The lowest BCUT2D eigenvalue weighted by Crippen LogP contribution is -2.52. The maximum atomic E-state index is 15.0. The normalized spacial score (nSPS) is 19.0. The third-order valence-corrected chi connectivity index (χ3v) is 7.85. The van der Waals surface area contributed by atoms with Gasteiger partial charge in [-0.1, -0.05) is 12.1 Å². The van der Waals surface area contributed by atoms with Gasteiger partial charge in [0.2, 0.25) is 5.95 Å². The molecule has 2 saturated heterocycles. The first-order valence-electron chi connectivity index (χ1n) is 13.5. The van der Waals surface area contributed by atoms with Gasteiger partial charge in [0.25, 0.3) is 0 Å². The van der Waals surface area contributed by atoms with E-state index in [1.165, 1.54) is 17.3 Å². The number of hydrogen-bond donors (Lipinski definition) is 0. The summed E-state index contributed by atoms with van der Waals surface area (Å²) in [4.78, 5) is 25.8. The van der Waals surface area contributed by atoms with Gasteiger partial charge in [0.15, 0.2) is 5.82 Å². The van der Waals surface area contributed by atoms with Crippen LogP contribution >= 0.6 is 0 Å². The lowest BCUT2D eigenvalue weighted by molar-refractivity contribution is -0.0411. The number of aromatic nitrogens is 4. The number of nitriles is 1. The van der Waals surface area contributed by atoms with Crippen molar-refractivity contribution in [1.82, 2.24) is 29.7 Å². The summed E-state index contributed by atoms with van der Waals surface area (Å²) in [7, 11) is 0. The van der Waals surface area contributed by atoms with Gasteiger partial charge in [0, 0.05) is 68.1 Å². The van der Waals surface area contributed by atoms with Gasteiger partial charge in [-0.05, 0) is 19.9 Å². The van der Waals surface area contributed by atoms with Crippen LogP contribution in [-0.4, -0.2) is 81.3 Å². The SMILES string of the molecule is Cc1nn(CC2COC2)c(C)c1-c1nc(N2CCN(C(=O)N3N=CCC3c3cccc(C#N)c3F)CC2)ncc1F. The van der Waals surface area contributed by atoms with Crippen molar-refractivity contribution in [3.63, 3.8) is 0 Å². The number of hydrazone groups is 1. The first-order chi connectivity index (χ1) is 19.9. The van der Waals surface area contributed by atoms with Crippen molar-refractivity contribution < 1.29 is 18.3 Å². The minimum atomic E-state index is -0.634. The summed E-state index contributed by atoms with van der Waals surface area (Å²) in [5.74, 6) is -0.384. The van der Waals surface area contributed by atoms with Crippen LogP contribution in [0.25, 0.3) is 11.3 Å². The molecule has 13 heteroatoms. The number of urea groups is 1. The second-order valence-corrected chi connectivity index (χ2v) is 10.5. The van der Waals surface area contributed by atoms with Gasteiger partial charge in [-0.2, -0.15) is 15.5 Å². The monoisotopic (exact) mass is 561 g/mol. The summed E-state index contributed by atoms with van der Waals surface area (Å²) in [5, 5.41) is 19.3. The number of halogens is 2. The molecule has 3 aliphatic rings. The smallest absolute Gasteiger partial charge is 0.341 e. The predicted octanol–water partition coefficient (Wildman–Crippen LogP) is 3.43. The zero-order valence-electron chi connectivity index (χ0n) is 22.8. The zero-order valence-corrected chi connectivity index (χ0v) is 22.8. The Morgan fingerprint density at radius 1 is 1.17 bits per heavy atom. The Morgan fingerprint density at radius 3 is 2.66 bits per heavy atom. The molecule has 6 rings (SSSR count). The highest BCUT2D eigenvalue weighted by molar-refractivity contribution is 5.79. The van der Waals surface area contributed by atoms with E-state index in [4.69, 9.17) is 4.74 Å². The number of aryl methyl sites for hydroxylation is 1. The van der Waals surface area contributed by atoms with Crippen LogP contribution in [0.5, 0.6) is 0 Å². The molecule has 3 aliphatic heterocycles. The Hall–Kier alpha value is -4.44. The van der Waals surface area contributed by atoms with Gasteiger partial charge in [0.05, 0.1) is 36.7 Å². The van der Waals surface area contributed by atoms with Crippen LogP contribution in [0.1, 0.15) is 35.0 Å². The summed E-state index contributed by atoms with van der Waals surface area (Å²) in [6.07, 6.45) is 3.11. The van der Waals surface area contributed by atoms with E-state index in [0.717, 1.165) is 5.69 Å². The molecular weight excluding hydrogens is 532 g/mol. The highest BCUT2D eigenvalue weighted by Gasteiger charge is 2.35. The second-order valence-electron chi connectivity index (χ2n) is 10.5. The van der Waals surface area contributed by atoms with Crippen LogP contribution in [0.15, 0.2) is 29.5 Å². The van der Waals surface area contributed by atoms with Crippen LogP contribution in [0.2, 0.25) is 0 Å². The number of hydrogen-bond acceptors (Lipinski definition) is 8. The number of benzene rings is 1. The van der Waals surface area contributed by atoms with E-state index in [1.54, 1.807) is 23.2 Å². The number of nitrogens with zero attached hydrogens (tertiary/aromatic N) is 9. The van der Waals surface area contributed by atoms with Crippen molar-refractivity contribution in [2.24, 2.45) is 11.0 Å². The summed E-state index contributed by atoms with van der Waals surface area (Å²) in [6.45, 7) is 7.43. The number of piperazine rings is 1. The summed E-state index contributed by atoms with van der Waals surface area (Å²) in [5.41, 5.74) is 2.59. The minimum Gasteiger partial charge on any atom is -0.381 e. The topological polar surface area (TPSA) is 116 Å². The van der Waals surface area contributed by atoms with Crippen LogP contribution in [0, 0.1) is 42.7 Å². The average molecular weight is 562 g/mol. The third-order valence-electron chi connectivity index (χ3n) is 7.85. The maximum Gasteiger partial charge on any atom is 0.341 e. The van der Waals surface area contributed by atoms with Gasteiger partial charge in [-0.3, -0.25) is 4.68 Å². The largest absolute Gasteiger partial charge is 0.381 e. The Kier molecular flexibility index (Phi) is 7.08. The second kappa shape index (κ2) is 10.9. The molecule has 2 amide bonds. The molecule has 5 heterocycles. The Balaban J connectivity index is 1.15. The molecule has 1 atom stereocenters. The van der Waals surface area contributed by atoms with Crippen molar-refractivity contribution in [3.8, 4) is 17.3 Å². The molecule has 0 saturated carbocycles. The molecule has 2 fully saturated rings. The zero-order chi connectivity index (χ0) is 28.7. The highest BCUT2D eigenvalue weighted by atomic mass is 19.1. The van der Waals surface area contributed by atoms with Gasteiger partial charge in [-0.25, -0.2) is 28.6 Å². The van der Waals surface area contributed by atoms with E-state index in [0.29, 0.717) is 75.5 Å². The first kappa shape index (κ1) is 26.8. The van der Waals surface area contributed by atoms with Crippen molar-refractivity contribution in [2.45, 2.75) is 32.9 Å². The van der Waals surface area contributed by atoms with Gasteiger partial charge in [-0.15, -0.1) is 0 Å². The maximum absolute atomic E-state index is 15.0. The van der Waals surface area contributed by atoms with Crippen LogP contribution < -0.4 is 4.90 Å². The molecule has 11 nitrogen and oxygen atoms in total. The van der Waals surface area contributed by atoms with E-state index in [9.17, 15) is 14.4 Å². The van der Waals surface area contributed by atoms with Crippen molar-refractivity contribution in [2.75, 3.05) is 44.3 Å². The lowest BCUT2D eigenvalue weighted by atomic mass is 10.0. The van der Waals surface area contributed by atoms with Crippen molar-refractivity contribution in [3.05, 3.63) is 58.5 Å². The Bertz CT molecular complexity index is 1550. The molecule has 0 spiro atoms. The predicted molar refractivity (Wildman–Crippen MR) is 145 cm³/mol. The van der Waals surface area contributed by atoms with Crippen LogP contribution in [0.3, 0.4) is 0 Å². The van der Waals surface area contributed by atoms with Crippen molar-refractivity contribution in [1.29, 1.82) is 5.26 Å². The molecule has 2 aromatic heterocycles. The van der Waals surface area contributed by atoms with Gasteiger partial charge < -0.3 is 14.5 Å². The van der Waals surface area contributed by atoms with Crippen LogP contribution in [0.4, 0.5) is 19.5 Å². The number of anilines is 1. The fourth-order valence-corrected chi connectivity index (χ4v) is 5.53. The van der Waals surface area contributed by atoms with E-state index >= 15 is 4.39 Å². The van der Waals surface area contributed by atoms with Crippen LogP contribution in [-0.2, 0) is 11.3 Å². The molecular formula is C28H29F2N9O2.